The summed E-state index contributed by atoms with van der Waals surface area (Å²) in [5, 5.41) is 2.83. The quantitative estimate of drug-likeness (QED) is 0.0818. The van der Waals surface area contributed by atoms with Crippen LogP contribution in [0.4, 0.5) is 0 Å². The standard InChI is InChI=1S/C25H52NO6P/c1-4-5-6-7-8-9-10-11-12-13-14-15-16-17-18-19-21-30-23-25(29-3)24-32-33(27,28)31-22-20-26-2/h11-12,25-26H,4-10,13-24H2,1-3H3,(H,27,28). The minimum absolute atomic E-state index is 0.0444. The zero-order valence-corrected chi connectivity index (χ0v) is 22.5. The fourth-order valence-corrected chi connectivity index (χ4v) is 4.08. The van der Waals surface area contributed by atoms with Gasteiger partial charge in [0.1, 0.15) is 6.10 Å². The van der Waals surface area contributed by atoms with E-state index in [2.05, 4.69) is 24.4 Å². The number of unbranched alkanes of at least 4 members (excludes halogenated alkanes) is 12. The van der Waals surface area contributed by atoms with Gasteiger partial charge in [-0.25, -0.2) is 4.57 Å². The lowest BCUT2D eigenvalue weighted by Gasteiger charge is -2.18. The summed E-state index contributed by atoms with van der Waals surface area (Å²) >= 11 is 0. The van der Waals surface area contributed by atoms with Crippen molar-refractivity contribution in [3.8, 4) is 0 Å². The Morgan fingerprint density at radius 2 is 1.39 bits per heavy atom. The number of ether oxygens (including phenoxy) is 2. The molecule has 0 aliphatic carbocycles. The van der Waals surface area contributed by atoms with E-state index < -0.39 is 13.9 Å². The molecule has 0 amide bonds. The predicted molar refractivity (Wildman–Crippen MR) is 137 cm³/mol. The van der Waals surface area contributed by atoms with Crippen LogP contribution in [-0.2, 0) is 23.1 Å². The predicted octanol–water partition coefficient (Wildman–Crippen LogP) is 6.41. The molecule has 0 saturated carbocycles. The lowest BCUT2D eigenvalue weighted by atomic mass is 10.1. The van der Waals surface area contributed by atoms with Gasteiger partial charge >= 0.3 is 7.82 Å². The van der Waals surface area contributed by atoms with Crippen molar-refractivity contribution in [2.45, 2.75) is 103 Å². The summed E-state index contributed by atoms with van der Waals surface area (Å²) in [5.41, 5.74) is 0. The normalized spacial score (nSPS) is 14.7. The van der Waals surface area contributed by atoms with E-state index in [9.17, 15) is 9.46 Å². The molecule has 2 unspecified atom stereocenters. The summed E-state index contributed by atoms with van der Waals surface area (Å²) in [7, 11) is -0.776. The topological polar surface area (TPSA) is 86.3 Å². The Kier molecular flexibility index (Phi) is 24.6. The van der Waals surface area contributed by atoms with Crippen molar-refractivity contribution in [3.63, 3.8) is 0 Å². The molecule has 2 atom stereocenters. The number of nitrogens with one attached hydrogen (secondary N) is 1. The van der Waals surface area contributed by atoms with Gasteiger partial charge < -0.3 is 19.7 Å². The SMILES string of the molecule is CCCCCCCCC=CCCCCCCCCOCC(COP(=O)(O)OCCNC)OC. The molecular formula is C25H52NO6P. The monoisotopic (exact) mass is 493 g/mol. The molecule has 0 aromatic carbocycles. The van der Waals surface area contributed by atoms with Gasteiger partial charge in [-0.15, -0.1) is 0 Å². The Balaban J connectivity index is 3.46. The van der Waals surface area contributed by atoms with E-state index in [1.807, 2.05) is 0 Å². The number of hydrogen-bond donors (Lipinski definition) is 2. The highest BCUT2D eigenvalue weighted by molar-refractivity contribution is 7.47. The first-order chi connectivity index (χ1) is 16.1. The summed E-state index contributed by atoms with van der Waals surface area (Å²) < 4.78 is 32.4. The van der Waals surface area contributed by atoms with E-state index in [0.717, 1.165) is 12.8 Å². The first-order valence-corrected chi connectivity index (χ1v) is 14.6. The van der Waals surface area contributed by atoms with E-state index in [1.165, 1.54) is 84.2 Å². The van der Waals surface area contributed by atoms with Gasteiger partial charge in [0.05, 0.1) is 19.8 Å². The second-order valence-corrected chi connectivity index (χ2v) is 10.0. The van der Waals surface area contributed by atoms with Crippen LogP contribution in [0, 0.1) is 0 Å². The van der Waals surface area contributed by atoms with Crippen LogP contribution in [-0.4, -0.2) is 58.1 Å². The molecule has 0 heterocycles. The average Bonchev–Trinajstić information content (AvgIpc) is 2.80. The number of hydrogen-bond acceptors (Lipinski definition) is 6. The van der Waals surface area contributed by atoms with Gasteiger partial charge in [0, 0.05) is 20.3 Å². The summed E-state index contributed by atoms with van der Waals surface area (Å²) in [5.74, 6) is 0. The van der Waals surface area contributed by atoms with Crippen molar-refractivity contribution < 1.29 is 28.0 Å². The molecule has 0 aromatic rings. The highest BCUT2D eigenvalue weighted by Gasteiger charge is 2.23. The molecule has 0 aliphatic rings. The first-order valence-electron chi connectivity index (χ1n) is 13.1. The van der Waals surface area contributed by atoms with Crippen LogP contribution in [0.2, 0.25) is 0 Å². The highest BCUT2D eigenvalue weighted by Crippen LogP contribution is 2.43. The summed E-state index contributed by atoms with van der Waals surface area (Å²) in [4.78, 5) is 9.60. The summed E-state index contributed by atoms with van der Waals surface area (Å²) in [6, 6.07) is 0. The molecule has 7 nitrogen and oxygen atoms in total. The molecule has 0 rings (SSSR count). The number of methoxy groups -OCH3 is 1. The zero-order valence-electron chi connectivity index (χ0n) is 21.6. The molecule has 0 spiro atoms. The van der Waals surface area contributed by atoms with Crippen LogP contribution in [0.5, 0.6) is 0 Å². The molecule has 0 aromatic heterocycles. The summed E-state index contributed by atoms with van der Waals surface area (Å²) in [6.45, 7) is 3.79. The van der Waals surface area contributed by atoms with E-state index >= 15 is 0 Å². The second-order valence-electron chi connectivity index (χ2n) is 8.57. The van der Waals surface area contributed by atoms with Gasteiger partial charge in [0.15, 0.2) is 0 Å². The lowest BCUT2D eigenvalue weighted by Crippen LogP contribution is -2.24. The number of likely N-dealkylation sites (N-methyl/N-ethyl adjacent to an activating group) is 1. The molecule has 0 bridgehead atoms. The maximum Gasteiger partial charge on any atom is 0.472 e. The smallest absolute Gasteiger partial charge is 0.379 e. The van der Waals surface area contributed by atoms with Gasteiger partial charge in [-0.3, -0.25) is 9.05 Å². The maximum atomic E-state index is 11.7. The fourth-order valence-electron chi connectivity index (χ4n) is 3.33. The highest BCUT2D eigenvalue weighted by atomic mass is 31.2. The minimum atomic E-state index is -4.05. The van der Waals surface area contributed by atoms with Crippen LogP contribution in [0.25, 0.3) is 0 Å². The van der Waals surface area contributed by atoms with Crippen LogP contribution in [0.3, 0.4) is 0 Å². The Morgan fingerprint density at radius 3 is 1.97 bits per heavy atom. The first kappa shape index (κ1) is 32.7. The number of rotatable bonds is 26. The Bertz CT molecular complexity index is 478. The van der Waals surface area contributed by atoms with Gasteiger partial charge in [-0.2, -0.15) is 0 Å². The van der Waals surface area contributed by atoms with Crippen molar-refractivity contribution in [2.24, 2.45) is 0 Å². The summed E-state index contributed by atoms with van der Waals surface area (Å²) in [6.07, 6.45) is 22.3. The lowest BCUT2D eigenvalue weighted by molar-refractivity contribution is -0.0220. The van der Waals surface area contributed by atoms with Crippen molar-refractivity contribution in [1.29, 1.82) is 0 Å². The molecule has 198 valence electrons. The molecule has 33 heavy (non-hydrogen) atoms. The third kappa shape index (κ3) is 24.7. The van der Waals surface area contributed by atoms with E-state index in [1.54, 1.807) is 7.05 Å². The van der Waals surface area contributed by atoms with Crippen molar-refractivity contribution in [2.75, 3.05) is 47.1 Å². The molecular weight excluding hydrogens is 441 g/mol. The van der Waals surface area contributed by atoms with Crippen LogP contribution in [0.1, 0.15) is 96.8 Å². The maximum absolute atomic E-state index is 11.7. The minimum Gasteiger partial charge on any atom is -0.379 e. The van der Waals surface area contributed by atoms with Crippen molar-refractivity contribution >= 4 is 7.82 Å². The van der Waals surface area contributed by atoms with Crippen LogP contribution < -0.4 is 5.32 Å². The molecule has 0 radical (unpaired) electrons. The average molecular weight is 494 g/mol. The van der Waals surface area contributed by atoms with Gasteiger partial charge in [0.25, 0.3) is 0 Å². The third-order valence-electron chi connectivity index (χ3n) is 5.47. The molecule has 0 aliphatic heterocycles. The van der Waals surface area contributed by atoms with Crippen LogP contribution in [0.15, 0.2) is 12.2 Å². The van der Waals surface area contributed by atoms with E-state index in [-0.39, 0.29) is 13.2 Å². The Hall–Kier alpha value is -0.270. The van der Waals surface area contributed by atoms with Crippen molar-refractivity contribution in [1.82, 2.24) is 5.32 Å². The molecule has 2 N–H and O–H groups in total. The molecule has 8 heteroatoms. The number of phosphoric ester groups is 1. The van der Waals surface area contributed by atoms with Crippen molar-refractivity contribution in [3.05, 3.63) is 12.2 Å². The Morgan fingerprint density at radius 1 is 0.818 bits per heavy atom. The van der Waals surface area contributed by atoms with E-state index in [0.29, 0.717) is 19.8 Å². The van der Waals surface area contributed by atoms with Gasteiger partial charge in [0.2, 0.25) is 0 Å². The molecule has 0 saturated heterocycles. The number of phosphoric acid groups is 1. The second kappa shape index (κ2) is 24.8. The van der Waals surface area contributed by atoms with Crippen LogP contribution >= 0.6 is 7.82 Å². The third-order valence-corrected chi connectivity index (χ3v) is 6.45. The largest absolute Gasteiger partial charge is 0.472 e. The fraction of sp³-hybridized carbons (Fsp3) is 0.920. The number of allylic oxidation sites excluding steroid dienone is 2. The molecule has 0 fully saturated rings. The van der Waals surface area contributed by atoms with E-state index in [4.69, 9.17) is 18.5 Å². The Labute approximate surface area is 203 Å². The van der Waals surface area contributed by atoms with Gasteiger partial charge in [-0.1, -0.05) is 76.9 Å². The zero-order chi connectivity index (χ0) is 24.5. The van der Waals surface area contributed by atoms with Gasteiger partial charge in [-0.05, 0) is 39.2 Å².